The summed E-state index contributed by atoms with van der Waals surface area (Å²) in [5.74, 6) is 1.13. The van der Waals surface area contributed by atoms with Crippen LogP contribution in [0, 0.1) is 5.92 Å². The Kier molecular flexibility index (Phi) is 4.63. The number of benzene rings is 1. The summed E-state index contributed by atoms with van der Waals surface area (Å²) < 4.78 is 0. The van der Waals surface area contributed by atoms with Crippen molar-refractivity contribution in [2.75, 3.05) is 19.6 Å². The number of nitrogens with zero attached hydrogens (tertiary/aromatic N) is 4. The first kappa shape index (κ1) is 17.8. The number of aromatic nitrogens is 2. The molecule has 0 spiro atoms. The van der Waals surface area contributed by atoms with Crippen molar-refractivity contribution in [2.24, 2.45) is 5.92 Å². The van der Waals surface area contributed by atoms with Crippen molar-refractivity contribution >= 4 is 5.91 Å². The summed E-state index contributed by atoms with van der Waals surface area (Å²) in [5.41, 5.74) is 2.95. The van der Waals surface area contributed by atoms with Gasteiger partial charge in [0.1, 0.15) is 6.33 Å². The molecule has 0 aliphatic carbocycles. The molecule has 5 nitrogen and oxygen atoms in total. The topological polar surface area (TPSA) is 49.3 Å². The van der Waals surface area contributed by atoms with Gasteiger partial charge in [-0.1, -0.05) is 43.7 Å². The Labute approximate surface area is 166 Å². The van der Waals surface area contributed by atoms with E-state index in [0.29, 0.717) is 29.5 Å². The molecular weight excluding hydrogens is 348 g/mol. The number of carbonyl (C=O) groups is 1. The molecule has 5 heterocycles. The lowest BCUT2D eigenvalue weighted by atomic mass is 9.75. The van der Waals surface area contributed by atoms with Gasteiger partial charge in [0.15, 0.2) is 0 Å². The van der Waals surface area contributed by atoms with E-state index >= 15 is 0 Å². The highest BCUT2D eigenvalue weighted by Gasteiger charge is 2.54. The highest BCUT2D eigenvalue weighted by Crippen LogP contribution is 2.46. The molecule has 1 amide bonds. The van der Waals surface area contributed by atoms with Gasteiger partial charge in [-0.05, 0) is 43.8 Å². The van der Waals surface area contributed by atoms with E-state index in [-0.39, 0.29) is 5.91 Å². The summed E-state index contributed by atoms with van der Waals surface area (Å²) in [7, 11) is 0. The number of rotatable bonds is 4. The summed E-state index contributed by atoms with van der Waals surface area (Å²) in [6.45, 7) is 5.27. The average Bonchev–Trinajstić information content (AvgIpc) is 3.18. The number of carbonyl (C=O) groups excluding carboxylic acids is 1. The lowest BCUT2D eigenvalue weighted by Gasteiger charge is -2.51. The van der Waals surface area contributed by atoms with Crippen LogP contribution in [0.4, 0.5) is 0 Å². The van der Waals surface area contributed by atoms with Crippen LogP contribution in [0.3, 0.4) is 0 Å². The minimum Gasteiger partial charge on any atom is -0.333 e. The number of aryl methyl sites for hydroxylation is 1. The van der Waals surface area contributed by atoms with Crippen LogP contribution in [-0.4, -0.2) is 57.4 Å². The van der Waals surface area contributed by atoms with Crippen LogP contribution in [-0.2, 0) is 6.42 Å². The van der Waals surface area contributed by atoms with E-state index in [0.717, 1.165) is 25.1 Å². The standard InChI is InChI=1S/C23H28N4O/c1-2-6-20-18(13-24-15-25-20)23(28)27-14-19(16-7-4-3-5-8-16)22-21(27)17-9-11-26(22)12-10-17/h3-5,7-8,13,15,17,19,21-22H,2,6,9-12,14H2,1H3/t19-,21+,22+/m1/s1. The molecule has 0 N–H and O–H groups in total. The third-order valence-electron chi connectivity index (χ3n) is 6.99. The largest absolute Gasteiger partial charge is 0.333 e. The molecule has 3 atom stereocenters. The van der Waals surface area contributed by atoms with Gasteiger partial charge in [0.25, 0.3) is 5.91 Å². The number of fused-ring (bicyclic) bond motifs is 2. The molecule has 0 unspecified atom stereocenters. The average molecular weight is 377 g/mol. The Morgan fingerprint density at radius 2 is 1.93 bits per heavy atom. The Morgan fingerprint density at radius 1 is 1.14 bits per heavy atom. The predicted molar refractivity (Wildman–Crippen MR) is 108 cm³/mol. The first-order valence-corrected chi connectivity index (χ1v) is 10.7. The number of hydrogen-bond donors (Lipinski definition) is 0. The van der Waals surface area contributed by atoms with Crippen molar-refractivity contribution in [3.63, 3.8) is 0 Å². The van der Waals surface area contributed by atoms with Crippen LogP contribution in [0.2, 0.25) is 0 Å². The van der Waals surface area contributed by atoms with E-state index in [2.05, 4.69) is 57.0 Å². The maximum absolute atomic E-state index is 13.7. The van der Waals surface area contributed by atoms with E-state index in [1.807, 2.05) is 0 Å². The van der Waals surface area contributed by atoms with Gasteiger partial charge in [-0.25, -0.2) is 9.97 Å². The van der Waals surface area contributed by atoms with E-state index in [4.69, 9.17) is 0 Å². The Bertz CT molecular complexity index is 847. The molecule has 4 fully saturated rings. The molecule has 1 aromatic heterocycles. The van der Waals surface area contributed by atoms with E-state index in [1.54, 1.807) is 12.5 Å². The second-order valence-corrected chi connectivity index (χ2v) is 8.46. The highest BCUT2D eigenvalue weighted by molar-refractivity contribution is 5.95. The molecule has 4 aliphatic heterocycles. The molecule has 1 aromatic carbocycles. The monoisotopic (exact) mass is 376 g/mol. The van der Waals surface area contributed by atoms with Gasteiger partial charge in [-0.3, -0.25) is 9.69 Å². The fraction of sp³-hybridized carbons (Fsp3) is 0.522. The van der Waals surface area contributed by atoms with E-state index in [9.17, 15) is 4.79 Å². The first-order valence-electron chi connectivity index (χ1n) is 10.7. The molecule has 0 radical (unpaired) electrons. The zero-order chi connectivity index (χ0) is 19.1. The van der Waals surface area contributed by atoms with Gasteiger partial charge < -0.3 is 4.90 Å². The number of amides is 1. The van der Waals surface area contributed by atoms with Crippen molar-refractivity contribution in [1.82, 2.24) is 19.8 Å². The maximum atomic E-state index is 13.7. The SMILES string of the molecule is CCCc1ncncc1C(=O)N1C[C@H](c2ccccc2)[C@H]2[C@@H]1C1CCN2CC1. The van der Waals surface area contributed by atoms with Crippen LogP contribution in [0.5, 0.6) is 0 Å². The van der Waals surface area contributed by atoms with Gasteiger partial charge in [-0.2, -0.15) is 0 Å². The zero-order valence-corrected chi connectivity index (χ0v) is 16.5. The minimum atomic E-state index is 0.131. The Morgan fingerprint density at radius 3 is 2.68 bits per heavy atom. The Hall–Kier alpha value is -2.27. The van der Waals surface area contributed by atoms with Crippen LogP contribution in [0.15, 0.2) is 42.9 Å². The second kappa shape index (κ2) is 7.28. The summed E-state index contributed by atoms with van der Waals surface area (Å²) in [6, 6.07) is 11.5. The number of hydrogen-bond acceptors (Lipinski definition) is 4. The number of piperidine rings is 3. The molecule has 6 rings (SSSR count). The highest BCUT2D eigenvalue weighted by atomic mass is 16.2. The molecule has 28 heavy (non-hydrogen) atoms. The van der Waals surface area contributed by atoms with Crippen molar-refractivity contribution in [3.8, 4) is 0 Å². The van der Waals surface area contributed by atoms with Crippen LogP contribution >= 0.6 is 0 Å². The molecule has 5 heteroatoms. The van der Waals surface area contributed by atoms with E-state index < -0.39 is 0 Å². The summed E-state index contributed by atoms with van der Waals surface area (Å²) in [5, 5.41) is 0. The van der Waals surface area contributed by atoms with Gasteiger partial charge in [0, 0.05) is 24.7 Å². The van der Waals surface area contributed by atoms with Crippen molar-refractivity contribution < 1.29 is 4.79 Å². The normalized spacial score (nSPS) is 31.0. The lowest BCUT2D eigenvalue weighted by molar-refractivity contribution is -0.00347. The quantitative estimate of drug-likeness (QED) is 0.823. The van der Waals surface area contributed by atoms with Gasteiger partial charge >= 0.3 is 0 Å². The van der Waals surface area contributed by atoms with Crippen LogP contribution in [0.1, 0.15) is 53.7 Å². The molecule has 4 aliphatic rings. The zero-order valence-electron chi connectivity index (χ0n) is 16.5. The summed E-state index contributed by atoms with van der Waals surface area (Å²) >= 11 is 0. The maximum Gasteiger partial charge on any atom is 0.257 e. The van der Waals surface area contributed by atoms with Crippen LogP contribution in [0.25, 0.3) is 0 Å². The third-order valence-corrected chi connectivity index (χ3v) is 6.99. The predicted octanol–water partition coefficient (Wildman–Crippen LogP) is 3.13. The lowest BCUT2D eigenvalue weighted by Crippen LogP contribution is -2.60. The van der Waals surface area contributed by atoms with Crippen molar-refractivity contribution in [2.45, 2.75) is 50.6 Å². The molecule has 4 saturated heterocycles. The van der Waals surface area contributed by atoms with Gasteiger partial charge in [0.05, 0.1) is 17.3 Å². The molecule has 0 saturated carbocycles. The molecule has 2 aromatic rings. The Balaban J connectivity index is 1.52. The van der Waals surface area contributed by atoms with Crippen LogP contribution < -0.4 is 0 Å². The summed E-state index contributed by atoms with van der Waals surface area (Å²) in [6.07, 6.45) is 7.51. The van der Waals surface area contributed by atoms with Crippen molar-refractivity contribution in [1.29, 1.82) is 0 Å². The van der Waals surface area contributed by atoms with E-state index in [1.165, 1.54) is 31.5 Å². The van der Waals surface area contributed by atoms with Gasteiger partial charge in [0.2, 0.25) is 0 Å². The first-order chi connectivity index (χ1) is 13.8. The van der Waals surface area contributed by atoms with Gasteiger partial charge in [-0.15, -0.1) is 0 Å². The second-order valence-electron chi connectivity index (χ2n) is 8.46. The third kappa shape index (κ3) is 2.84. The van der Waals surface area contributed by atoms with Crippen molar-refractivity contribution in [3.05, 3.63) is 59.7 Å². The fourth-order valence-corrected chi connectivity index (χ4v) is 5.77. The minimum absolute atomic E-state index is 0.131. The molecule has 146 valence electrons. The number of likely N-dealkylation sites (tertiary alicyclic amines) is 1. The summed E-state index contributed by atoms with van der Waals surface area (Å²) in [4.78, 5) is 27.1. The molecule has 2 bridgehead atoms. The fourth-order valence-electron chi connectivity index (χ4n) is 5.77. The molecular formula is C23H28N4O. The smallest absolute Gasteiger partial charge is 0.257 e.